The number of fused-ring (bicyclic) bond motifs is 2. The molecule has 0 aliphatic carbocycles. The van der Waals surface area contributed by atoms with E-state index >= 15 is 0 Å². The predicted octanol–water partition coefficient (Wildman–Crippen LogP) is 7.50. The van der Waals surface area contributed by atoms with Gasteiger partial charge in [-0.3, -0.25) is 9.69 Å². The molecule has 8 heteroatoms. The first-order valence-corrected chi connectivity index (χ1v) is 16.4. The molecule has 246 valence electrons. The molecule has 1 aliphatic heterocycles. The van der Waals surface area contributed by atoms with Gasteiger partial charge in [0.05, 0.1) is 23.9 Å². The Bertz CT molecular complexity index is 1870. The molecule has 6 rings (SSSR count). The lowest BCUT2D eigenvalue weighted by Gasteiger charge is -2.38. The average Bonchev–Trinajstić information content (AvgIpc) is 3.10. The summed E-state index contributed by atoms with van der Waals surface area (Å²) in [7, 11) is 2.07. The Kier molecular flexibility index (Phi) is 10.0. The Balaban J connectivity index is 1.19. The highest BCUT2D eigenvalue weighted by atomic mass is 16.5. The normalized spacial score (nSPS) is 16.9. The number of amides is 3. The van der Waals surface area contributed by atoms with Gasteiger partial charge in [0.15, 0.2) is 0 Å². The molecule has 0 bridgehead atoms. The van der Waals surface area contributed by atoms with E-state index in [9.17, 15) is 14.7 Å². The van der Waals surface area contributed by atoms with Gasteiger partial charge >= 0.3 is 6.03 Å². The molecule has 3 N–H and O–H groups in total. The van der Waals surface area contributed by atoms with E-state index in [0.29, 0.717) is 35.8 Å². The van der Waals surface area contributed by atoms with Crippen molar-refractivity contribution in [3.8, 4) is 16.9 Å². The number of ether oxygens (including phenoxy) is 1. The van der Waals surface area contributed by atoms with Gasteiger partial charge in [-0.15, -0.1) is 0 Å². The van der Waals surface area contributed by atoms with Crippen molar-refractivity contribution in [2.24, 2.45) is 5.92 Å². The zero-order valence-corrected chi connectivity index (χ0v) is 27.6. The summed E-state index contributed by atoms with van der Waals surface area (Å²) < 4.78 is 6.59. The lowest BCUT2D eigenvalue weighted by molar-refractivity contribution is 0.0341. The van der Waals surface area contributed by atoms with E-state index in [1.54, 1.807) is 23.1 Å². The zero-order valence-electron chi connectivity index (χ0n) is 27.6. The average molecular weight is 643 g/mol. The van der Waals surface area contributed by atoms with E-state index in [1.807, 2.05) is 67.6 Å². The summed E-state index contributed by atoms with van der Waals surface area (Å²) in [5.74, 6) is 0.192. The predicted molar refractivity (Wildman–Crippen MR) is 192 cm³/mol. The molecule has 5 aromatic rings. The maximum absolute atomic E-state index is 13.9. The fraction of sp³-hybridized carbons (Fsp3) is 0.250. The first kappa shape index (κ1) is 32.7. The molecule has 1 aliphatic rings. The van der Waals surface area contributed by atoms with Crippen molar-refractivity contribution < 1.29 is 19.4 Å². The van der Waals surface area contributed by atoms with Crippen LogP contribution in [-0.4, -0.2) is 65.7 Å². The van der Waals surface area contributed by atoms with Crippen LogP contribution < -0.4 is 15.4 Å². The summed E-state index contributed by atoms with van der Waals surface area (Å²) in [5.41, 5.74) is 5.05. The van der Waals surface area contributed by atoms with Crippen LogP contribution in [0.3, 0.4) is 0 Å². The van der Waals surface area contributed by atoms with Crippen molar-refractivity contribution in [1.82, 2.24) is 9.80 Å². The summed E-state index contributed by atoms with van der Waals surface area (Å²) >= 11 is 0. The molecule has 8 nitrogen and oxygen atoms in total. The summed E-state index contributed by atoms with van der Waals surface area (Å²) in [4.78, 5) is 30.9. The molecule has 48 heavy (non-hydrogen) atoms. The highest BCUT2D eigenvalue weighted by Crippen LogP contribution is 2.31. The van der Waals surface area contributed by atoms with Gasteiger partial charge in [-0.05, 0) is 60.3 Å². The van der Waals surface area contributed by atoms with Crippen molar-refractivity contribution in [3.63, 3.8) is 0 Å². The molecule has 0 fully saturated rings. The number of hydrogen-bond acceptors (Lipinski definition) is 5. The molecule has 5 aromatic carbocycles. The number of urea groups is 1. The van der Waals surface area contributed by atoms with Crippen LogP contribution in [0.15, 0.2) is 115 Å². The number of likely N-dealkylation sites (N-methyl/N-ethyl adjacent to an activating group) is 1. The van der Waals surface area contributed by atoms with Crippen molar-refractivity contribution in [3.05, 3.63) is 126 Å². The number of rotatable bonds is 9. The van der Waals surface area contributed by atoms with E-state index in [-0.39, 0.29) is 24.5 Å². The SMILES string of the molecule is C[C@@H]1CN([C@@H](C)CO)C(=O)c2cc(NC(=O)Nc3cccc4ccccc34)ccc2O[C@H]1CN(C)Cc1ccc(-c2ccccc2)cc1. The number of hydrogen-bond donors (Lipinski definition) is 3. The first-order valence-electron chi connectivity index (χ1n) is 16.4. The Morgan fingerprint density at radius 2 is 1.62 bits per heavy atom. The largest absolute Gasteiger partial charge is 0.488 e. The highest BCUT2D eigenvalue weighted by Gasteiger charge is 2.33. The fourth-order valence-electron chi connectivity index (χ4n) is 6.25. The van der Waals surface area contributed by atoms with Gasteiger partial charge < -0.3 is 25.4 Å². The molecule has 0 aromatic heterocycles. The van der Waals surface area contributed by atoms with E-state index in [1.165, 1.54) is 16.7 Å². The number of carbonyl (C=O) groups excluding carboxylic acids is 2. The number of nitrogens with one attached hydrogen (secondary N) is 2. The van der Waals surface area contributed by atoms with Crippen LogP contribution in [0.4, 0.5) is 16.2 Å². The quantitative estimate of drug-likeness (QED) is 0.155. The molecule has 0 saturated carbocycles. The molecule has 3 amide bonds. The van der Waals surface area contributed by atoms with Gasteiger partial charge in [0.1, 0.15) is 11.9 Å². The maximum Gasteiger partial charge on any atom is 0.323 e. The van der Waals surface area contributed by atoms with Crippen LogP contribution in [0.5, 0.6) is 5.75 Å². The fourth-order valence-corrected chi connectivity index (χ4v) is 6.25. The minimum Gasteiger partial charge on any atom is -0.488 e. The van der Waals surface area contributed by atoms with E-state index in [0.717, 1.165) is 17.3 Å². The van der Waals surface area contributed by atoms with Crippen LogP contribution >= 0.6 is 0 Å². The van der Waals surface area contributed by atoms with Crippen molar-refractivity contribution in [2.45, 2.75) is 32.5 Å². The minimum absolute atomic E-state index is 0.0109. The third kappa shape index (κ3) is 7.51. The Morgan fingerprint density at radius 3 is 2.40 bits per heavy atom. The molecule has 1 heterocycles. The van der Waals surface area contributed by atoms with Gasteiger partial charge in [0, 0.05) is 36.6 Å². The molecule has 0 radical (unpaired) electrons. The number of aliphatic hydroxyl groups is 1. The van der Waals surface area contributed by atoms with E-state index < -0.39 is 12.1 Å². The smallest absolute Gasteiger partial charge is 0.323 e. The Morgan fingerprint density at radius 1 is 0.917 bits per heavy atom. The summed E-state index contributed by atoms with van der Waals surface area (Å²) in [6.45, 7) is 5.54. The second-order valence-electron chi connectivity index (χ2n) is 12.7. The maximum atomic E-state index is 13.9. The van der Waals surface area contributed by atoms with Gasteiger partial charge in [0.2, 0.25) is 0 Å². The minimum atomic E-state index is -0.420. The van der Waals surface area contributed by atoms with Crippen LogP contribution in [0.2, 0.25) is 0 Å². The summed E-state index contributed by atoms with van der Waals surface area (Å²) in [5, 5.41) is 17.8. The second-order valence-corrected chi connectivity index (χ2v) is 12.7. The molecule has 0 saturated heterocycles. The van der Waals surface area contributed by atoms with Gasteiger partial charge in [-0.25, -0.2) is 4.79 Å². The molecule has 0 spiro atoms. The van der Waals surface area contributed by atoms with Crippen LogP contribution in [-0.2, 0) is 6.54 Å². The van der Waals surface area contributed by atoms with Crippen LogP contribution in [0, 0.1) is 5.92 Å². The van der Waals surface area contributed by atoms with Crippen molar-refractivity contribution in [1.29, 1.82) is 0 Å². The molecule has 0 unspecified atom stereocenters. The van der Waals surface area contributed by atoms with Gasteiger partial charge in [-0.2, -0.15) is 0 Å². The molecule has 3 atom stereocenters. The number of nitrogens with zero attached hydrogens (tertiary/aromatic N) is 2. The Hall–Kier alpha value is -5.18. The number of aliphatic hydroxyl groups excluding tert-OH is 1. The van der Waals surface area contributed by atoms with E-state index in [2.05, 4.69) is 65.9 Å². The topological polar surface area (TPSA) is 94.1 Å². The second kappa shape index (κ2) is 14.7. The monoisotopic (exact) mass is 642 g/mol. The highest BCUT2D eigenvalue weighted by molar-refractivity contribution is 6.07. The summed E-state index contributed by atoms with van der Waals surface area (Å²) in [6.07, 6.45) is -0.229. The lowest BCUT2D eigenvalue weighted by Crippen LogP contribution is -2.49. The number of anilines is 2. The molecular weight excluding hydrogens is 600 g/mol. The van der Waals surface area contributed by atoms with E-state index in [4.69, 9.17) is 4.74 Å². The third-order valence-electron chi connectivity index (χ3n) is 8.97. The Labute approximate surface area is 282 Å². The zero-order chi connectivity index (χ0) is 33.6. The standard InChI is InChI=1S/C40H42N4O4/c1-27-23-44(28(2)26-45)39(46)35-22-33(41-40(47)42-36-15-9-13-32-12-7-8-14-34(32)36)20-21-37(35)48-38(27)25-43(3)24-29-16-18-31(19-17-29)30-10-5-4-6-11-30/h4-22,27-28,38,45H,23-26H2,1-3H3,(H2,41,42,47)/t27-,28+,38+/m1/s1. The van der Waals surface area contributed by atoms with Gasteiger partial charge in [0.25, 0.3) is 5.91 Å². The van der Waals surface area contributed by atoms with Crippen LogP contribution in [0.25, 0.3) is 21.9 Å². The molecular formula is C40H42N4O4. The summed E-state index contributed by atoms with van der Waals surface area (Å²) in [6, 6.07) is 36.9. The van der Waals surface area contributed by atoms with Gasteiger partial charge in [-0.1, -0.05) is 97.9 Å². The number of carbonyl (C=O) groups is 2. The first-order chi connectivity index (χ1) is 23.3. The van der Waals surface area contributed by atoms with Crippen molar-refractivity contribution in [2.75, 3.05) is 37.4 Å². The number of benzene rings is 5. The van der Waals surface area contributed by atoms with Crippen LogP contribution in [0.1, 0.15) is 29.8 Å². The lowest BCUT2D eigenvalue weighted by atomic mass is 9.99. The third-order valence-corrected chi connectivity index (χ3v) is 8.97. The van der Waals surface area contributed by atoms with Crippen molar-refractivity contribution >= 4 is 34.1 Å².